The van der Waals surface area contributed by atoms with E-state index in [0.29, 0.717) is 16.0 Å². The Labute approximate surface area is 118 Å². The number of fused-ring (bicyclic) bond motifs is 1. The van der Waals surface area contributed by atoms with Crippen molar-refractivity contribution in [1.29, 1.82) is 0 Å². The molecule has 0 bridgehead atoms. The Hall–Kier alpha value is -1.72. The van der Waals surface area contributed by atoms with Gasteiger partial charge in [-0.25, -0.2) is 4.79 Å². The van der Waals surface area contributed by atoms with Crippen molar-refractivity contribution in [3.8, 4) is 0 Å². The zero-order valence-electron chi connectivity index (χ0n) is 9.83. The van der Waals surface area contributed by atoms with Crippen LogP contribution in [-0.2, 0) is 9.53 Å². The highest BCUT2D eigenvalue weighted by Crippen LogP contribution is 2.36. The number of carbonyl (C=O) groups is 2. The van der Waals surface area contributed by atoms with Crippen LogP contribution < -0.4 is 5.32 Å². The van der Waals surface area contributed by atoms with Crippen LogP contribution in [0.3, 0.4) is 0 Å². The predicted octanol–water partition coefficient (Wildman–Crippen LogP) is 3.05. The molecule has 0 saturated heterocycles. The first kappa shape index (κ1) is 13.7. The van der Waals surface area contributed by atoms with Crippen LogP contribution in [0.5, 0.6) is 0 Å². The number of rotatable bonds is 3. The van der Waals surface area contributed by atoms with Gasteiger partial charge in [0.2, 0.25) is 11.7 Å². The Bertz CT molecular complexity index is 650. The monoisotopic (exact) mass is 301 g/mol. The van der Waals surface area contributed by atoms with E-state index >= 15 is 0 Å². The second-order valence-corrected chi connectivity index (χ2v) is 4.27. The smallest absolute Gasteiger partial charge is 0.376 e. The van der Waals surface area contributed by atoms with E-state index in [-0.39, 0.29) is 17.3 Å². The van der Waals surface area contributed by atoms with Crippen LogP contribution in [0.2, 0.25) is 5.02 Å². The summed E-state index contributed by atoms with van der Waals surface area (Å²) in [4.78, 5) is 23.1. The maximum absolute atomic E-state index is 11.6. The molecule has 1 N–H and O–H groups in total. The molecule has 0 aliphatic heterocycles. The van der Waals surface area contributed by atoms with Crippen molar-refractivity contribution >= 4 is 51.7 Å². The third-order valence-corrected chi connectivity index (χ3v) is 2.98. The van der Waals surface area contributed by atoms with Crippen molar-refractivity contribution < 1.29 is 18.7 Å². The Balaban J connectivity index is 2.66. The van der Waals surface area contributed by atoms with Gasteiger partial charge >= 0.3 is 5.97 Å². The first-order chi connectivity index (χ1) is 9.08. The van der Waals surface area contributed by atoms with E-state index in [1.165, 1.54) is 7.11 Å². The van der Waals surface area contributed by atoms with Crippen molar-refractivity contribution in [2.24, 2.45) is 0 Å². The van der Waals surface area contributed by atoms with E-state index in [9.17, 15) is 9.59 Å². The minimum Gasteiger partial charge on any atom is -0.463 e. The molecule has 2 aromatic rings. The maximum atomic E-state index is 11.6. The van der Waals surface area contributed by atoms with Gasteiger partial charge in [0.1, 0.15) is 17.2 Å². The quantitative estimate of drug-likeness (QED) is 0.699. The molecule has 0 saturated carbocycles. The fraction of sp³-hybridized carbons (Fsp3) is 0.167. The molecule has 5 nitrogen and oxygen atoms in total. The number of benzene rings is 1. The van der Waals surface area contributed by atoms with Gasteiger partial charge in [0.25, 0.3) is 0 Å². The van der Waals surface area contributed by atoms with Crippen LogP contribution in [0.15, 0.2) is 22.6 Å². The first-order valence-corrected chi connectivity index (χ1v) is 6.15. The minimum absolute atomic E-state index is 0.121. The zero-order chi connectivity index (χ0) is 14.0. The number of hydrogen-bond acceptors (Lipinski definition) is 4. The lowest BCUT2D eigenvalue weighted by Gasteiger charge is -2.03. The Morgan fingerprint density at radius 2 is 2.16 bits per heavy atom. The standard InChI is InChI=1S/C12H9Cl2NO4/c1-18-12(17)11-10(15-8(16)5-13)9-6(14)3-2-4-7(9)19-11/h2-4H,5H2,1H3,(H,15,16). The summed E-state index contributed by atoms with van der Waals surface area (Å²) in [6.45, 7) is 0. The lowest BCUT2D eigenvalue weighted by Crippen LogP contribution is -2.15. The van der Waals surface area contributed by atoms with Gasteiger partial charge in [-0.15, -0.1) is 11.6 Å². The highest BCUT2D eigenvalue weighted by atomic mass is 35.5. The summed E-state index contributed by atoms with van der Waals surface area (Å²) in [7, 11) is 1.21. The minimum atomic E-state index is -0.711. The molecular weight excluding hydrogens is 293 g/mol. The van der Waals surface area contributed by atoms with Crippen molar-refractivity contribution in [2.75, 3.05) is 18.3 Å². The van der Waals surface area contributed by atoms with Crippen LogP contribution >= 0.6 is 23.2 Å². The average Bonchev–Trinajstić information content (AvgIpc) is 2.78. The number of ether oxygens (including phenoxy) is 1. The number of amides is 1. The highest BCUT2D eigenvalue weighted by Gasteiger charge is 2.24. The predicted molar refractivity (Wildman–Crippen MR) is 71.9 cm³/mol. The number of anilines is 1. The average molecular weight is 302 g/mol. The van der Waals surface area contributed by atoms with Gasteiger partial charge in [0.15, 0.2) is 0 Å². The molecule has 1 heterocycles. The van der Waals surface area contributed by atoms with Crippen LogP contribution in [0, 0.1) is 0 Å². The number of nitrogens with one attached hydrogen (secondary N) is 1. The lowest BCUT2D eigenvalue weighted by molar-refractivity contribution is -0.113. The summed E-state index contributed by atoms with van der Waals surface area (Å²) in [5.74, 6) is -1.56. The molecular formula is C12H9Cl2NO4. The van der Waals surface area contributed by atoms with E-state index in [1.54, 1.807) is 18.2 Å². The summed E-state index contributed by atoms with van der Waals surface area (Å²) in [6, 6.07) is 4.92. The van der Waals surface area contributed by atoms with Crippen molar-refractivity contribution in [1.82, 2.24) is 0 Å². The largest absolute Gasteiger partial charge is 0.463 e. The molecule has 19 heavy (non-hydrogen) atoms. The Kier molecular flexibility index (Phi) is 3.97. The van der Waals surface area contributed by atoms with Crippen LogP contribution in [-0.4, -0.2) is 24.9 Å². The van der Waals surface area contributed by atoms with Gasteiger partial charge in [0, 0.05) is 0 Å². The third-order valence-electron chi connectivity index (χ3n) is 2.42. The van der Waals surface area contributed by atoms with Crippen LogP contribution in [0.4, 0.5) is 5.69 Å². The third kappa shape index (κ3) is 2.52. The number of carbonyl (C=O) groups excluding carboxylic acids is 2. The number of alkyl halides is 1. The van der Waals surface area contributed by atoms with Gasteiger partial charge in [-0.2, -0.15) is 0 Å². The molecule has 1 aromatic carbocycles. The van der Waals surface area contributed by atoms with E-state index in [4.69, 9.17) is 27.6 Å². The Morgan fingerprint density at radius 3 is 2.79 bits per heavy atom. The molecule has 100 valence electrons. The number of esters is 1. The van der Waals surface area contributed by atoms with Gasteiger partial charge < -0.3 is 14.5 Å². The van der Waals surface area contributed by atoms with Crippen molar-refractivity contribution in [2.45, 2.75) is 0 Å². The first-order valence-electron chi connectivity index (χ1n) is 5.23. The summed E-state index contributed by atoms with van der Waals surface area (Å²) in [5, 5.41) is 3.27. The summed E-state index contributed by atoms with van der Waals surface area (Å²) < 4.78 is 9.96. The second-order valence-electron chi connectivity index (χ2n) is 3.59. The summed E-state index contributed by atoms with van der Waals surface area (Å²) in [5.41, 5.74) is 0.538. The molecule has 0 spiro atoms. The molecule has 0 atom stereocenters. The summed E-state index contributed by atoms with van der Waals surface area (Å²) >= 11 is 11.5. The van der Waals surface area contributed by atoms with Crippen molar-refractivity contribution in [3.63, 3.8) is 0 Å². The van der Waals surface area contributed by atoms with Gasteiger partial charge in [-0.1, -0.05) is 17.7 Å². The number of hydrogen-bond donors (Lipinski definition) is 1. The fourth-order valence-corrected chi connectivity index (χ4v) is 1.96. The van der Waals surface area contributed by atoms with E-state index in [0.717, 1.165) is 0 Å². The number of methoxy groups -OCH3 is 1. The van der Waals surface area contributed by atoms with Gasteiger partial charge in [-0.3, -0.25) is 4.79 Å². The number of halogens is 2. The SMILES string of the molecule is COC(=O)c1oc2cccc(Cl)c2c1NC(=O)CCl. The molecule has 7 heteroatoms. The van der Waals surface area contributed by atoms with E-state index in [1.807, 2.05) is 0 Å². The zero-order valence-corrected chi connectivity index (χ0v) is 11.3. The molecule has 1 amide bonds. The second kappa shape index (κ2) is 5.50. The van der Waals surface area contributed by atoms with E-state index in [2.05, 4.69) is 10.1 Å². The maximum Gasteiger partial charge on any atom is 0.376 e. The normalized spacial score (nSPS) is 10.5. The van der Waals surface area contributed by atoms with Gasteiger partial charge in [-0.05, 0) is 12.1 Å². The van der Waals surface area contributed by atoms with Crippen molar-refractivity contribution in [3.05, 3.63) is 29.0 Å². The van der Waals surface area contributed by atoms with Gasteiger partial charge in [0.05, 0.1) is 17.5 Å². The molecule has 0 unspecified atom stereocenters. The summed E-state index contributed by atoms with van der Waals surface area (Å²) in [6.07, 6.45) is 0. The molecule has 0 fully saturated rings. The Morgan fingerprint density at radius 1 is 1.42 bits per heavy atom. The molecule has 0 radical (unpaired) electrons. The molecule has 0 aliphatic carbocycles. The lowest BCUT2D eigenvalue weighted by atomic mass is 10.2. The van der Waals surface area contributed by atoms with E-state index < -0.39 is 11.9 Å². The number of furan rings is 1. The molecule has 2 rings (SSSR count). The van der Waals surface area contributed by atoms with Crippen LogP contribution in [0.1, 0.15) is 10.6 Å². The molecule has 0 aliphatic rings. The fourth-order valence-electron chi connectivity index (χ4n) is 1.64. The molecule has 1 aromatic heterocycles. The van der Waals surface area contributed by atoms with Crippen LogP contribution in [0.25, 0.3) is 11.0 Å². The highest BCUT2D eigenvalue weighted by molar-refractivity contribution is 6.37. The topological polar surface area (TPSA) is 68.5 Å².